The van der Waals surface area contributed by atoms with Gasteiger partial charge in [-0.2, -0.15) is 0 Å². The van der Waals surface area contributed by atoms with E-state index in [4.69, 9.17) is 21.1 Å². The molecule has 0 spiro atoms. The molecular formula is C16H22ClN3O3. The molecule has 3 heterocycles. The van der Waals surface area contributed by atoms with Gasteiger partial charge in [0.15, 0.2) is 0 Å². The number of carbonyl (C=O) groups is 1. The van der Waals surface area contributed by atoms with Crippen molar-refractivity contribution >= 4 is 17.5 Å². The van der Waals surface area contributed by atoms with Crippen molar-refractivity contribution in [2.24, 2.45) is 0 Å². The summed E-state index contributed by atoms with van der Waals surface area (Å²) in [5, 5.41) is 0.370. The van der Waals surface area contributed by atoms with Crippen molar-refractivity contribution in [3.05, 3.63) is 22.8 Å². The van der Waals surface area contributed by atoms with Gasteiger partial charge in [-0.15, -0.1) is 0 Å². The van der Waals surface area contributed by atoms with Crippen molar-refractivity contribution in [1.29, 1.82) is 0 Å². The molecule has 0 saturated carbocycles. The molecule has 0 bridgehead atoms. The van der Waals surface area contributed by atoms with Crippen molar-refractivity contribution < 1.29 is 14.3 Å². The summed E-state index contributed by atoms with van der Waals surface area (Å²) in [5.41, 5.74) is 0.509. The van der Waals surface area contributed by atoms with Gasteiger partial charge < -0.3 is 19.3 Å². The van der Waals surface area contributed by atoms with E-state index in [0.717, 1.165) is 39.0 Å². The number of amides is 1. The Morgan fingerprint density at radius 2 is 2.26 bits per heavy atom. The van der Waals surface area contributed by atoms with E-state index in [1.807, 2.05) is 4.90 Å². The second-order valence-corrected chi connectivity index (χ2v) is 6.47. The van der Waals surface area contributed by atoms with Gasteiger partial charge in [-0.1, -0.05) is 11.6 Å². The van der Waals surface area contributed by atoms with Gasteiger partial charge in [-0.05, 0) is 26.1 Å². The minimum Gasteiger partial charge on any atom is -0.471 e. The smallest absolute Gasteiger partial charge is 0.255 e. The second kappa shape index (κ2) is 7.47. The van der Waals surface area contributed by atoms with Crippen LogP contribution in [0.3, 0.4) is 0 Å². The fourth-order valence-electron chi connectivity index (χ4n) is 2.82. The van der Waals surface area contributed by atoms with Crippen LogP contribution in [0.4, 0.5) is 0 Å². The summed E-state index contributed by atoms with van der Waals surface area (Å²) >= 11 is 6.24. The summed E-state index contributed by atoms with van der Waals surface area (Å²) in [7, 11) is 2.07. The highest BCUT2D eigenvalue weighted by atomic mass is 35.5. The summed E-state index contributed by atoms with van der Waals surface area (Å²) in [6.45, 7) is 4.64. The number of nitrogens with zero attached hydrogens (tertiary/aromatic N) is 3. The SMILES string of the molecule is CN1CCCN(C(=O)c2cnc(OC3CCOC3)c(Cl)c2)CC1. The molecule has 0 aliphatic carbocycles. The minimum atomic E-state index is -0.0227. The Bertz CT molecular complexity index is 564. The van der Waals surface area contributed by atoms with Crippen molar-refractivity contribution in [1.82, 2.24) is 14.8 Å². The lowest BCUT2D eigenvalue weighted by molar-refractivity contribution is 0.0762. The van der Waals surface area contributed by atoms with Crippen molar-refractivity contribution in [3.63, 3.8) is 0 Å². The molecule has 7 heteroatoms. The normalized spacial score (nSPS) is 22.9. The lowest BCUT2D eigenvalue weighted by Crippen LogP contribution is -2.34. The highest BCUT2D eigenvalue weighted by Gasteiger charge is 2.22. The van der Waals surface area contributed by atoms with E-state index >= 15 is 0 Å². The number of carbonyl (C=O) groups excluding carboxylic acids is 1. The van der Waals surface area contributed by atoms with Crippen molar-refractivity contribution in [2.45, 2.75) is 18.9 Å². The predicted molar refractivity (Wildman–Crippen MR) is 87.1 cm³/mol. The molecule has 1 unspecified atom stereocenters. The first kappa shape index (κ1) is 16.5. The van der Waals surface area contributed by atoms with Gasteiger partial charge in [0.1, 0.15) is 11.1 Å². The van der Waals surface area contributed by atoms with Gasteiger partial charge in [0.2, 0.25) is 5.88 Å². The average molecular weight is 340 g/mol. The molecule has 2 aliphatic rings. The third kappa shape index (κ3) is 4.13. The van der Waals surface area contributed by atoms with Gasteiger partial charge in [-0.3, -0.25) is 4.79 Å². The number of aromatic nitrogens is 1. The standard InChI is InChI=1S/C16H22ClN3O3/c1-19-4-2-5-20(7-6-19)16(21)12-9-14(17)15(18-10-12)23-13-3-8-22-11-13/h9-10,13H,2-8,11H2,1H3. The monoisotopic (exact) mass is 339 g/mol. The van der Waals surface area contributed by atoms with Crippen LogP contribution in [-0.4, -0.2) is 73.2 Å². The fourth-order valence-corrected chi connectivity index (χ4v) is 3.04. The number of rotatable bonds is 3. The van der Waals surface area contributed by atoms with E-state index in [1.165, 1.54) is 0 Å². The Morgan fingerprint density at radius 3 is 3.00 bits per heavy atom. The van der Waals surface area contributed by atoms with Gasteiger partial charge in [0.05, 0.1) is 18.8 Å². The average Bonchev–Trinajstić information content (AvgIpc) is 2.95. The van der Waals surface area contributed by atoms with Gasteiger partial charge in [0.25, 0.3) is 5.91 Å². The zero-order valence-corrected chi connectivity index (χ0v) is 14.1. The molecule has 1 aromatic rings. The molecule has 2 saturated heterocycles. The van der Waals surface area contributed by atoms with Crippen LogP contribution in [0.15, 0.2) is 12.3 Å². The van der Waals surface area contributed by atoms with Gasteiger partial charge >= 0.3 is 0 Å². The molecule has 0 N–H and O–H groups in total. The van der Waals surface area contributed by atoms with Crippen LogP contribution in [0.2, 0.25) is 5.02 Å². The Kier molecular flexibility index (Phi) is 5.35. The summed E-state index contributed by atoms with van der Waals surface area (Å²) in [4.78, 5) is 20.9. The van der Waals surface area contributed by atoms with Crippen LogP contribution in [0.5, 0.6) is 5.88 Å². The van der Waals surface area contributed by atoms with Crippen LogP contribution >= 0.6 is 11.6 Å². The molecule has 0 radical (unpaired) electrons. The van der Waals surface area contributed by atoms with Gasteiger partial charge in [-0.25, -0.2) is 4.98 Å². The number of hydrogen-bond donors (Lipinski definition) is 0. The highest BCUT2D eigenvalue weighted by Crippen LogP contribution is 2.25. The zero-order chi connectivity index (χ0) is 16.2. The Balaban J connectivity index is 1.67. The van der Waals surface area contributed by atoms with Crippen LogP contribution < -0.4 is 4.74 Å². The topological polar surface area (TPSA) is 54.9 Å². The van der Waals surface area contributed by atoms with E-state index in [0.29, 0.717) is 29.7 Å². The molecular weight excluding hydrogens is 318 g/mol. The number of halogens is 1. The third-order valence-corrected chi connectivity index (χ3v) is 4.50. The molecule has 1 aromatic heterocycles. The van der Waals surface area contributed by atoms with E-state index in [9.17, 15) is 4.79 Å². The second-order valence-electron chi connectivity index (χ2n) is 6.06. The Labute approximate surface area is 141 Å². The summed E-state index contributed by atoms with van der Waals surface area (Å²) < 4.78 is 11.0. The number of ether oxygens (including phenoxy) is 2. The summed E-state index contributed by atoms with van der Waals surface area (Å²) in [6.07, 6.45) is 3.35. The number of hydrogen-bond acceptors (Lipinski definition) is 5. The van der Waals surface area contributed by atoms with E-state index < -0.39 is 0 Å². The first-order chi connectivity index (χ1) is 11.1. The predicted octanol–water partition coefficient (Wildman–Crippen LogP) is 1.68. The molecule has 23 heavy (non-hydrogen) atoms. The van der Waals surface area contributed by atoms with Crippen LogP contribution in [0.1, 0.15) is 23.2 Å². The maximum atomic E-state index is 12.6. The first-order valence-corrected chi connectivity index (χ1v) is 8.39. The molecule has 126 valence electrons. The molecule has 1 atom stereocenters. The van der Waals surface area contributed by atoms with Gasteiger partial charge in [0, 0.05) is 32.3 Å². The molecule has 2 aliphatic heterocycles. The summed E-state index contributed by atoms with van der Waals surface area (Å²) in [5.74, 6) is 0.347. The highest BCUT2D eigenvalue weighted by molar-refractivity contribution is 6.32. The van der Waals surface area contributed by atoms with E-state index in [2.05, 4.69) is 16.9 Å². The molecule has 3 rings (SSSR count). The van der Waals surface area contributed by atoms with E-state index in [-0.39, 0.29) is 12.0 Å². The molecule has 2 fully saturated rings. The maximum absolute atomic E-state index is 12.6. The van der Waals surface area contributed by atoms with Crippen molar-refractivity contribution in [2.75, 3.05) is 46.4 Å². The zero-order valence-electron chi connectivity index (χ0n) is 13.3. The molecule has 1 amide bonds. The minimum absolute atomic E-state index is 0.0114. The fraction of sp³-hybridized carbons (Fsp3) is 0.625. The van der Waals surface area contributed by atoms with Crippen molar-refractivity contribution in [3.8, 4) is 5.88 Å². The Hall–Kier alpha value is -1.37. The lowest BCUT2D eigenvalue weighted by Gasteiger charge is -2.21. The third-order valence-electron chi connectivity index (χ3n) is 4.23. The van der Waals surface area contributed by atoms with E-state index in [1.54, 1.807) is 12.3 Å². The van der Waals surface area contributed by atoms with Crippen LogP contribution in [-0.2, 0) is 4.74 Å². The quantitative estimate of drug-likeness (QED) is 0.838. The van der Waals surface area contributed by atoms with Crippen LogP contribution in [0, 0.1) is 0 Å². The largest absolute Gasteiger partial charge is 0.471 e. The summed E-state index contributed by atoms with van der Waals surface area (Å²) in [6, 6.07) is 1.65. The number of likely N-dealkylation sites (N-methyl/N-ethyl adjacent to an activating group) is 1. The Morgan fingerprint density at radius 1 is 1.39 bits per heavy atom. The van der Waals surface area contributed by atoms with Crippen LogP contribution in [0.25, 0.3) is 0 Å². The lowest BCUT2D eigenvalue weighted by atomic mass is 10.2. The first-order valence-electron chi connectivity index (χ1n) is 8.01. The maximum Gasteiger partial charge on any atom is 0.255 e. The number of pyridine rings is 1. The molecule has 0 aromatic carbocycles. The molecule has 6 nitrogen and oxygen atoms in total.